The van der Waals surface area contributed by atoms with Gasteiger partial charge >= 0.3 is 0 Å². The van der Waals surface area contributed by atoms with Crippen molar-refractivity contribution in [1.29, 1.82) is 0 Å². The van der Waals surface area contributed by atoms with E-state index in [1.165, 1.54) is 32.6 Å². The molecule has 1 saturated heterocycles. The first-order valence-corrected chi connectivity index (χ1v) is 17.0. The van der Waals surface area contributed by atoms with Crippen LogP contribution in [-0.2, 0) is 0 Å². The summed E-state index contributed by atoms with van der Waals surface area (Å²) >= 11 is 0. The SMILES string of the molecule is C.C.C.C.CC.CC.CC.CC.CC.CCN(CC)CC.CCN1[C@H](C)[C@H](C)[C@H](C)[C@@H]1C.C[C@@H]1[C@H](C)[C@H](C)C[C@@H]1C. The Morgan fingerprint density at radius 3 is 0.732 bits per heavy atom. The number of nitrogens with zero attached hydrogens (tertiary/aromatic N) is 2. The Bertz CT molecular complexity index is 335. The van der Waals surface area contributed by atoms with E-state index in [-0.39, 0.29) is 29.7 Å². The van der Waals surface area contributed by atoms with Crippen LogP contribution in [0, 0.1) is 35.5 Å². The zero-order valence-electron chi connectivity index (χ0n) is 31.0. The average molecular weight is 597 g/mol. The molecule has 1 saturated carbocycles. The maximum Gasteiger partial charge on any atom is 0.00984 e. The molecule has 0 N–H and O–H groups in total. The molecular formula is C39H100N2. The van der Waals surface area contributed by atoms with Crippen molar-refractivity contribution < 1.29 is 0 Å². The molecule has 2 heteroatoms. The van der Waals surface area contributed by atoms with Crippen molar-refractivity contribution in [2.45, 2.75) is 201 Å². The molecule has 2 nitrogen and oxygen atoms in total. The molecule has 2 aliphatic rings. The Morgan fingerprint density at radius 2 is 0.659 bits per heavy atom. The Morgan fingerprint density at radius 1 is 0.439 bits per heavy atom. The predicted molar refractivity (Wildman–Crippen MR) is 208 cm³/mol. The molecule has 266 valence electrons. The Hall–Kier alpha value is -0.0800. The smallest absolute Gasteiger partial charge is 0.00984 e. The van der Waals surface area contributed by atoms with Gasteiger partial charge in [0.1, 0.15) is 0 Å². The van der Waals surface area contributed by atoms with E-state index in [1.807, 2.05) is 69.2 Å². The van der Waals surface area contributed by atoms with Gasteiger partial charge in [0, 0.05) is 12.1 Å². The van der Waals surface area contributed by atoms with Gasteiger partial charge in [-0.15, -0.1) is 0 Å². The summed E-state index contributed by atoms with van der Waals surface area (Å²) in [6.07, 6.45) is 1.45. The van der Waals surface area contributed by atoms with Gasteiger partial charge < -0.3 is 4.90 Å². The third-order valence-electron chi connectivity index (χ3n) is 8.47. The monoisotopic (exact) mass is 597 g/mol. The largest absolute Gasteiger partial charge is 0.304 e. The average Bonchev–Trinajstić information content (AvgIpc) is 3.30. The van der Waals surface area contributed by atoms with Crippen LogP contribution < -0.4 is 0 Å². The summed E-state index contributed by atoms with van der Waals surface area (Å²) in [6, 6.07) is 1.56. The topological polar surface area (TPSA) is 6.48 Å². The minimum Gasteiger partial charge on any atom is -0.304 e. The van der Waals surface area contributed by atoms with Crippen molar-refractivity contribution in [1.82, 2.24) is 9.80 Å². The number of likely N-dealkylation sites (tertiary alicyclic amines) is 1. The fraction of sp³-hybridized carbons (Fsp3) is 1.00. The molecule has 41 heavy (non-hydrogen) atoms. The second-order valence-electron chi connectivity index (χ2n) is 9.56. The molecular weight excluding hydrogens is 496 g/mol. The summed E-state index contributed by atoms with van der Waals surface area (Å²) in [5.74, 6) is 5.58. The molecule has 0 bridgehead atoms. The number of rotatable bonds is 4. The zero-order chi connectivity index (χ0) is 31.3. The summed E-state index contributed by atoms with van der Waals surface area (Å²) in [4.78, 5) is 4.98. The molecule has 0 spiro atoms. The fourth-order valence-electron chi connectivity index (χ4n) is 5.15. The van der Waals surface area contributed by atoms with Gasteiger partial charge in [-0.2, -0.15) is 0 Å². The van der Waals surface area contributed by atoms with E-state index < -0.39 is 0 Å². The summed E-state index contributed by atoms with van der Waals surface area (Å²) in [5.41, 5.74) is 0. The fourth-order valence-corrected chi connectivity index (χ4v) is 5.15. The van der Waals surface area contributed by atoms with E-state index in [1.54, 1.807) is 0 Å². The Labute approximate surface area is 271 Å². The molecule has 2 fully saturated rings. The van der Waals surface area contributed by atoms with E-state index in [0.717, 1.165) is 47.6 Å². The van der Waals surface area contributed by atoms with Crippen LogP contribution in [0.4, 0.5) is 0 Å². The van der Waals surface area contributed by atoms with Gasteiger partial charge in [-0.05, 0) is 82.0 Å². The van der Waals surface area contributed by atoms with Gasteiger partial charge in [-0.3, -0.25) is 4.90 Å². The van der Waals surface area contributed by atoms with E-state index >= 15 is 0 Å². The molecule has 0 unspecified atom stereocenters. The molecule has 0 amide bonds. The quantitative estimate of drug-likeness (QED) is 0.318. The first kappa shape index (κ1) is 68.2. The maximum atomic E-state index is 2.61. The van der Waals surface area contributed by atoms with Crippen LogP contribution >= 0.6 is 0 Å². The Balaban J connectivity index is -0.0000000369. The highest BCUT2D eigenvalue weighted by atomic mass is 15.2. The zero-order valence-corrected chi connectivity index (χ0v) is 31.0. The normalized spacial score (nSPS) is 26.4. The summed E-state index contributed by atoms with van der Waals surface area (Å²) in [5, 5.41) is 0. The third kappa shape index (κ3) is 29.8. The molecule has 1 aliphatic heterocycles. The first-order valence-electron chi connectivity index (χ1n) is 17.0. The highest BCUT2D eigenvalue weighted by molar-refractivity contribution is 4.91. The Kier molecular flexibility index (Phi) is 82.5. The van der Waals surface area contributed by atoms with Crippen molar-refractivity contribution in [3.05, 3.63) is 0 Å². The highest BCUT2D eigenvalue weighted by Crippen LogP contribution is 2.40. The van der Waals surface area contributed by atoms with E-state index in [2.05, 4.69) is 92.9 Å². The van der Waals surface area contributed by atoms with Crippen molar-refractivity contribution in [2.24, 2.45) is 35.5 Å². The number of hydrogen-bond donors (Lipinski definition) is 0. The molecule has 8 atom stereocenters. The van der Waals surface area contributed by atoms with Gasteiger partial charge in [0.2, 0.25) is 0 Å². The van der Waals surface area contributed by atoms with Crippen LogP contribution in [-0.4, -0.2) is 48.1 Å². The molecule has 0 aromatic carbocycles. The molecule has 1 heterocycles. The second-order valence-corrected chi connectivity index (χ2v) is 9.56. The first-order chi connectivity index (χ1) is 17.6. The summed E-state index contributed by atoms with van der Waals surface area (Å²) in [7, 11) is 0. The maximum absolute atomic E-state index is 2.61. The van der Waals surface area contributed by atoms with Crippen molar-refractivity contribution in [2.75, 3.05) is 26.2 Å². The van der Waals surface area contributed by atoms with Crippen LogP contribution in [0.25, 0.3) is 0 Å². The standard InChI is InChI=1S/C10H21N.C9H18.C6H15N.5C2H6.4CH4/c1-6-11-9(4)7(2)8(3)10(11)5;1-6-5-7(2)9(4)8(6)3;1-4-7(5-2)6-3;5*1-2;;;;/h7-10H,6H2,1-5H3;6-9H,5H2,1-4H3;4-6H2,1-3H3;5*1-2H3;4*1H4/t7-,8+,9-,10+;6-,7+,8-,9+;;;;;;;;;;. The van der Waals surface area contributed by atoms with Crippen LogP contribution in [0.1, 0.15) is 188 Å². The van der Waals surface area contributed by atoms with Gasteiger partial charge in [0.25, 0.3) is 0 Å². The van der Waals surface area contributed by atoms with E-state index in [9.17, 15) is 0 Å². The van der Waals surface area contributed by atoms with E-state index in [4.69, 9.17) is 0 Å². The predicted octanol–water partition coefficient (Wildman–Crippen LogP) is 14.3. The second kappa shape index (κ2) is 49.6. The molecule has 0 aromatic heterocycles. The highest BCUT2D eigenvalue weighted by Gasteiger charge is 2.38. The molecule has 0 radical (unpaired) electrons. The van der Waals surface area contributed by atoms with Crippen LogP contribution in [0.3, 0.4) is 0 Å². The van der Waals surface area contributed by atoms with Crippen LogP contribution in [0.2, 0.25) is 0 Å². The van der Waals surface area contributed by atoms with E-state index in [0.29, 0.717) is 0 Å². The van der Waals surface area contributed by atoms with Crippen molar-refractivity contribution in [3.63, 3.8) is 0 Å². The lowest BCUT2D eigenvalue weighted by Crippen LogP contribution is -2.34. The van der Waals surface area contributed by atoms with Gasteiger partial charge in [0.05, 0.1) is 0 Å². The van der Waals surface area contributed by atoms with Crippen molar-refractivity contribution in [3.8, 4) is 0 Å². The molecule has 0 aromatic rings. The molecule has 1 aliphatic carbocycles. The summed E-state index contributed by atoms with van der Waals surface area (Å²) < 4.78 is 0. The van der Waals surface area contributed by atoms with Crippen LogP contribution in [0.15, 0.2) is 0 Å². The van der Waals surface area contributed by atoms with Gasteiger partial charge in [-0.1, -0.05) is 168 Å². The van der Waals surface area contributed by atoms with Gasteiger partial charge in [-0.25, -0.2) is 0 Å². The van der Waals surface area contributed by atoms with Crippen molar-refractivity contribution >= 4 is 0 Å². The van der Waals surface area contributed by atoms with Gasteiger partial charge in [0.15, 0.2) is 0 Å². The summed E-state index contributed by atoms with van der Waals surface area (Å²) in [6.45, 7) is 52.6. The lowest BCUT2D eigenvalue weighted by Gasteiger charge is -2.25. The minimum atomic E-state index is 0. The lowest BCUT2D eigenvalue weighted by molar-refractivity contribution is 0.209. The lowest BCUT2D eigenvalue weighted by atomic mass is 9.92. The van der Waals surface area contributed by atoms with Crippen LogP contribution in [0.5, 0.6) is 0 Å². The molecule has 2 rings (SSSR count). The minimum absolute atomic E-state index is 0. The third-order valence-corrected chi connectivity index (χ3v) is 8.47. The number of hydrogen-bond acceptors (Lipinski definition) is 2.